The molecule has 0 saturated heterocycles. The quantitative estimate of drug-likeness (QED) is 0.799. The van der Waals surface area contributed by atoms with Crippen molar-refractivity contribution >= 4 is 38.6 Å². The van der Waals surface area contributed by atoms with Crippen molar-refractivity contribution in [3.05, 3.63) is 27.9 Å². The van der Waals surface area contributed by atoms with Crippen molar-refractivity contribution in [2.45, 2.75) is 30.8 Å². The van der Waals surface area contributed by atoms with E-state index in [4.69, 9.17) is 0 Å². The summed E-state index contributed by atoms with van der Waals surface area (Å²) in [6, 6.07) is 4.51. The van der Waals surface area contributed by atoms with Gasteiger partial charge >= 0.3 is 0 Å². The fraction of sp³-hybridized carbons (Fsp3) is 0.429. The summed E-state index contributed by atoms with van der Waals surface area (Å²) in [5.41, 5.74) is 4.58. The Labute approximate surface area is 119 Å². The van der Waals surface area contributed by atoms with Crippen LogP contribution in [-0.4, -0.2) is 16.9 Å². The summed E-state index contributed by atoms with van der Waals surface area (Å²) in [5, 5.41) is 4.97. The van der Waals surface area contributed by atoms with E-state index in [9.17, 15) is 0 Å². The zero-order valence-electron chi connectivity index (χ0n) is 10.1. The standard InChI is InChI=1S/C14H15BrN2S/c15-11-3-2-9-10-8-16-5-4-12(10)17-6-1-7-18-14(11)13(9)17/h2-3,16H,1,4-8H2. The second-order valence-electron chi connectivity index (χ2n) is 4.98. The van der Waals surface area contributed by atoms with Crippen LogP contribution in [0, 0.1) is 0 Å². The molecule has 2 aliphatic heterocycles. The van der Waals surface area contributed by atoms with E-state index in [-0.39, 0.29) is 0 Å². The monoisotopic (exact) mass is 322 g/mol. The number of aromatic nitrogens is 1. The molecule has 1 aromatic carbocycles. The number of benzene rings is 1. The van der Waals surface area contributed by atoms with Crippen LogP contribution in [0.5, 0.6) is 0 Å². The Hall–Kier alpha value is -0.450. The first-order valence-electron chi connectivity index (χ1n) is 6.52. The topological polar surface area (TPSA) is 17.0 Å². The summed E-state index contributed by atoms with van der Waals surface area (Å²) in [6.45, 7) is 3.33. The zero-order valence-corrected chi connectivity index (χ0v) is 12.5. The van der Waals surface area contributed by atoms with Crippen LogP contribution in [0.1, 0.15) is 17.7 Å². The highest BCUT2D eigenvalue weighted by Gasteiger charge is 2.24. The number of halogens is 1. The van der Waals surface area contributed by atoms with Gasteiger partial charge < -0.3 is 9.88 Å². The molecule has 4 heteroatoms. The van der Waals surface area contributed by atoms with Gasteiger partial charge in [-0.15, -0.1) is 11.8 Å². The first-order valence-corrected chi connectivity index (χ1v) is 8.30. The van der Waals surface area contributed by atoms with Crippen molar-refractivity contribution in [2.24, 2.45) is 0 Å². The Kier molecular flexibility index (Phi) is 2.71. The van der Waals surface area contributed by atoms with Crippen LogP contribution in [0.2, 0.25) is 0 Å². The van der Waals surface area contributed by atoms with Crippen molar-refractivity contribution in [1.29, 1.82) is 0 Å². The molecular weight excluding hydrogens is 308 g/mol. The number of hydrogen-bond acceptors (Lipinski definition) is 2. The Morgan fingerprint density at radius 2 is 2.28 bits per heavy atom. The Balaban J connectivity index is 2.13. The van der Waals surface area contributed by atoms with Crippen molar-refractivity contribution in [1.82, 2.24) is 9.88 Å². The smallest absolute Gasteiger partial charge is 0.0635 e. The van der Waals surface area contributed by atoms with Crippen LogP contribution in [0.3, 0.4) is 0 Å². The molecule has 0 radical (unpaired) electrons. The summed E-state index contributed by atoms with van der Waals surface area (Å²) in [7, 11) is 0. The van der Waals surface area contributed by atoms with Crippen molar-refractivity contribution in [3.8, 4) is 0 Å². The summed E-state index contributed by atoms with van der Waals surface area (Å²) < 4.78 is 3.84. The maximum Gasteiger partial charge on any atom is 0.0635 e. The summed E-state index contributed by atoms with van der Waals surface area (Å²) >= 11 is 5.73. The molecule has 0 fully saturated rings. The molecule has 0 atom stereocenters. The van der Waals surface area contributed by atoms with E-state index in [1.807, 2.05) is 11.8 Å². The molecule has 0 aliphatic carbocycles. The molecule has 3 heterocycles. The van der Waals surface area contributed by atoms with Gasteiger partial charge in [0.05, 0.1) is 5.52 Å². The van der Waals surface area contributed by atoms with Crippen molar-refractivity contribution in [2.75, 3.05) is 12.3 Å². The van der Waals surface area contributed by atoms with Gasteiger partial charge in [0.25, 0.3) is 0 Å². The molecular formula is C14H15BrN2S. The van der Waals surface area contributed by atoms with E-state index in [0.717, 1.165) is 13.1 Å². The largest absolute Gasteiger partial charge is 0.343 e. The zero-order chi connectivity index (χ0) is 12.1. The van der Waals surface area contributed by atoms with E-state index in [1.165, 1.54) is 51.0 Å². The maximum atomic E-state index is 3.72. The molecule has 94 valence electrons. The summed E-state index contributed by atoms with van der Waals surface area (Å²) in [4.78, 5) is 1.44. The molecule has 0 spiro atoms. The lowest BCUT2D eigenvalue weighted by Crippen LogP contribution is -2.24. The normalized spacial score (nSPS) is 18.7. The summed E-state index contributed by atoms with van der Waals surface area (Å²) in [6.07, 6.45) is 2.45. The SMILES string of the molecule is Brc1ccc2c3c(n4c2c1SCCC4)CCNC3. The first-order chi connectivity index (χ1) is 8.86. The van der Waals surface area contributed by atoms with Gasteiger partial charge in [0.15, 0.2) is 0 Å². The predicted molar refractivity (Wildman–Crippen MR) is 80.4 cm³/mol. The van der Waals surface area contributed by atoms with Crippen LogP contribution in [0.4, 0.5) is 0 Å². The van der Waals surface area contributed by atoms with Gasteiger partial charge in [-0.05, 0) is 39.7 Å². The highest BCUT2D eigenvalue weighted by Crippen LogP contribution is 2.41. The average molecular weight is 323 g/mol. The summed E-state index contributed by atoms with van der Waals surface area (Å²) in [5.74, 6) is 1.23. The minimum Gasteiger partial charge on any atom is -0.343 e. The Morgan fingerprint density at radius 3 is 3.22 bits per heavy atom. The number of aryl methyl sites for hydroxylation is 1. The van der Waals surface area contributed by atoms with Gasteiger partial charge in [-0.3, -0.25) is 0 Å². The number of hydrogen-bond donors (Lipinski definition) is 1. The van der Waals surface area contributed by atoms with Gasteiger partial charge in [-0.1, -0.05) is 6.07 Å². The van der Waals surface area contributed by atoms with Gasteiger partial charge in [0.2, 0.25) is 0 Å². The van der Waals surface area contributed by atoms with E-state index in [0.29, 0.717) is 0 Å². The fourth-order valence-electron chi connectivity index (χ4n) is 3.20. The maximum absolute atomic E-state index is 3.72. The van der Waals surface area contributed by atoms with E-state index in [2.05, 4.69) is 37.9 Å². The number of fused-ring (bicyclic) bond motifs is 3. The van der Waals surface area contributed by atoms with E-state index < -0.39 is 0 Å². The third kappa shape index (κ3) is 1.52. The molecule has 0 bridgehead atoms. The second kappa shape index (κ2) is 4.29. The van der Waals surface area contributed by atoms with Crippen LogP contribution < -0.4 is 5.32 Å². The molecule has 2 aromatic rings. The molecule has 1 aromatic heterocycles. The molecule has 0 amide bonds. The molecule has 0 unspecified atom stereocenters. The van der Waals surface area contributed by atoms with Gasteiger partial charge in [0, 0.05) is 46.5 Å². The fourth-order valence-corrected chi connectivity index (χ4v) is 4.90. The molecule has 4 rings (SSSR count). The Morgan fingerprint density at radius 1 is 1.33 bits per heavy atom. The van der Waals surface area contributed by atoms with Gasteiger partial charge in [-0.25, -0.2) is 0 Å². The second-order valence-corrected chi connectivity index (χ2v) is 6.94. The number of nitrogens with zero attached hydrogens (tertiary/aromatic N) is 1. The van der Waals surface area contributed by atoms with Gasteiger partial charge in [0.1, 0.15) is 0 Å². The minimum atomic E-state index is 1.03. The lowest BCUT2D eigenvalue weighted by molar-refractivity contribution is 0.592. The molecule has 1 N–H and O–H groups in total. The molecule has 2 aliphatic rings. The van der Waals surface area contributed by atoms with Crippen LogP contribution >= 0.6 is 27.7 Å². The molecule has 0 saturated carbocycles. The highest BCUT2D eigenvalue weighted by atomic mass is 79.9. The lowest BCUT2D eigenvalue weighted by atomic mass is 10.1. The number of nitrogens with one attached hydrogen (secondary N) is 1. The third-order valence-electron chi connectivity index (χ3n) is 3.97. The van der Waals surface area contributed by atoms with E-state index >= 15 is 0 Å². The first kappa shape index (κ1) is 11.4. The van der Waals surface area contributed by atoms with E-state index in [1.54, 1.807) is 5.69 Å². The Bertz CT molecular complexity index is 632. The molecule has 2 nitrogen and oxygen atoms in total. The van der Waals surface area contributed by atoms with Gasteiger partial charge in [-0.2, -0.15) is 0 Å². The minimum absolute atomic E-state index is 1.03. The van der Waals surface area contributed by atoms with Crippen molar-refractivity contribution in [3.63, 3.8) is 0 Å². The lowest BCUT2D eigenvalue weighted by Gasteiger charge is -2.16. The van der Waals surface area contributed by atoms with Crippen LogP contribution in [0.25, 0.3) is 10.9 Å². The molecule has 18 heavy (non-hydrogen) atoms. The average Bonchev–Trinajstić information content (AvgIpc) is 2.57. The predicted octanol–water partition coefficient (Wildman–Crippen LogP) is 3.55. The highest BCUT2D eigenvalue weighted by molar-refractivity contribution is 9.10. The number of thioether (sulfide) groups is 1. The van der Waals surface area contributed by atoms with Crippen LogP contribution in [-0.2, 0) is 19.5 Å². The number of rotatable bonds is 0. The third-order valence-corrected chi connectivity index (χ3v) is 6.08. The van der Waals surface area contributed by atoms with Crippen molar-refractivity contribution < 1.29 is 0 Å². The van der Waals surface area contributed by atoms with Crippen LogP contribution in [0.15, 0.2) is 21.5 Å².